The largest absolute Gasteiger partial charge is 0.480 e. The third-order valence-electron chi connectivity index (χ3n) is 5.36. The van der Waals surface area contributed by atoms with Gasteiger partial charge in [0.2, 0.25) is 0 Å². The van der Waals surface area contributed by atoms with E-state index in [-0.39, 0.29) is 11.8 Å². The minimum absolute atomic E-state index is 0.0591. The maximum Gasteiger partial charge on any atom is 0.326 e. The van der Waals surface area contributed by atoms with Gasteiger partial charge in [-0.25, -0.2) is 4.79 Å². The number of nitrogens with zero attached hydrogens (tertiary/aromatic N) is 1. The molecule has 1 saturated carbocycles. The molecular formula is C16H19NO3S. The van der Waals surface area contributed by atoms with Crippen LogP contribution in [-0.2, 0) is 17.6 Å². The molecule has 3 aliphatic rings. The number of carboxylic acid groups (broad SMARTS) is 1. The first kappa shape index (κ1) is 13.3. The number of carbonyl (C=O) groups excluding carboxylic acids is 1. The van der Waals surface area contributed by atoms with E-state index in [2.05, 4.69) is 0 Å². The molecule has 2 aliphatic carbocycles. The molecular weight excluding hydrogens is 286 g/mol. The molecule has 3 unspecified atom stereocenters. The highest BCUT2D eigenvalue weighted by Crippen LogP contribution is 2.43. The Labute approximate surface area is 127 Å². The zero-order chi connectivity index (χ0) is 14.6. The first-order chi connectivity index (χ1) is 10.1. The molecule has 1 aliphatic heterocycles. The van der Waals surface area contributed by atoms with Crippen LogP contribution >= 0.6 is 11.3 Å². The van der Waals surface area contributed by atoms with Crippen LogP contribution in [0.3, 0.4) is 0 Å². The summed E-state index contributed by atoms with van der Waals surface area (Å²) in [6, 6.07) is 1.39. The molecule has 0 bridgehead atoms. The lowest BCUT2D eigenvalue weighted by atomic mass is 9.94. The summed E-state index contributed by atoms with van der Waals surface area (Å²) in [5, 5.41) is 9.55. The van der Waals surface area contributed by atoms with E-state index in [1.54, 1.807) is 16.2 Å². The minimum Gasteiger partial charge on any atom is -0.480 e. The highest BCUT2D eigenvalue weighted by atomic mass is 32.1. The lowest BCUT2D eigenvalue weighted by Gasteiger charge is -2.23. The Bertz CT molecular complexity index is 587. The van der Waals surface area contributed by atoms with Gasteiger partial charge in [-0.05, 0) is 55.6 Å². The van der Waals surface area contributed by atoms with Gasteiger partial charge in [0.25, 0.3) is 5.91 Å². The molecule has 1 N–H and O–H groups in total. The van der Waals surface area contributed by atoms with E-state index in [4.69, 9.17) is 0 Å². The predicted molar refractivity (Wildman–Crippen MR) is 79.6 cm³/mol. The van der Waals surface area contributed by atoms with Crippen molar-refractivity contribution in [3.8, 4) is 0 Å². The van der Waals surface area contributed by atoms with Crippen LogP contribution in [0.15, 0.2) is 6.07 Å². The summed E-state index contributed by atoms with van der Waals surface area (Å²) in [7, 11) is 0. The van der Waals surface area contributed by atoms with Crippen LogP contribution in [0.2, 0.25) is 0 Å². The van der Waals surface area contributed by atoms with Gasteiger partial charge >= 0.3 is 5.97 Å². The topological polar surface area (TPSA) is 57.6 Å². The van der Waals surface area contributed by atoms with Crippen molar-refractivity contribution in [3.63, 3.8) is 0 Å². The van der Waals surface area contributed by atoms with E-state index in [0.29, 0.717) is 12.5 Å². The van der Waals surface area contributed by atoms with Gasteiger partial charge in [-0.1, -0.05) is 6.42 Å². The molecule has 2 heterocycles. The fourth-order valence-electron chi connectivity index (χ4n) is 4.41. The second-order valence-corrected chi connectivity index (χ2v) is 7.64. The van der Waals surface area contributed by atoms with Crippen LogP contribution in [-0.4, -0.2) is 34.5 Å². The molecule has 3 atom stereocenters. The Kier molecular flexibility index (Phi) is 3.06. The maximum absolute atomic E-state index is 12.8. The number of thiophene rings is 1. The van der Waals surface area contributed by atoms with Crippen molar-refractivity contribution >= 4 is 23.2 Å². The van der Waals surface area contributed by atoms with Crippen LogP contribution < -0.4 is 0 Å². The number of carboxylic acids is 1. The van der Waals surface area contributed by atoms with Gasteiger partial charge < -0.3 is 10.0 Å². The summed E-state index contributed by atoms with van der Waals surface area (Å²) in [6.45, 7) is 0.628. The van der Waals surface area contributed by atoms with Crippen molar-refractivity contribution in [1.29, 1.82) is 0 Å². The van der Waals surface area contributed by atoms with Crippen molar-refractivity contribution in [2.75, 3.05) is 6.54 Å². The van der Waals surface area contributed by atoms with Gasteiger partial charge in [-0.15, -0.1) is 11.3 Å². The molecule has 112 valence electrons. The molecule has 4 nitrogen and oxygen atoms in total. The third kappa shape index (κ3) is 2.01. The molecule has 21 heavy (non-hydrogen) atoms. The predicted octanol–water partition coefficient (Wildman–Crippen LogP) is 2.56. The Balaban J connectivity index is 1.62. The zero-order valence-electron chi connectivity index (χ0n) is 11.9. The average molecular weight is 305 g/mol. The van der Waals surface area contributed by atoms with Crippen molar-refractivity contribution < 1.29 is 14.7 Å². The van der Waals surface area contributed by atoms with Gasteiger partial charge in [0, 0.05) is 11.4 Å². The number of carbonyl (C=O) groups is 2. The molecule has 0 aromatic carbocycles. The van der Waals surface area contributed by atoms with Gasteiger partial charge in [-0.2, -0.15) is 0 Å². The van der Waals surface area contributed by atoms with Gasteiger partial charge in [0.1, 0.15) is 6.04 Å². The quantitative estimate of drug-likeness (QED) is 0.913. The first-order valence-electron chi connectivity index (χ1n) is 7.80. The standard InChI is InChI=1S/C16H19NO3S/c18-15(13-7-9-3-2-6-12(9)21-13)17-8-10-4-1-5-11(10)14(17)16(19)20/h7,10-11,14H,1-6,8H2,(H,19,20). The molecule has 1 amide bonds. The van der Waals surface area contributed by atoms with E-state index in [1.165, 1.54) is 16.9 Å². The number of hydrogen-bond donors (Lipinski definition) is 1. The van der Waals surface area contributed by atoms with E-state index in [9.17, 15) is 14.7 Å². The SMILES string of the molecule is O=C(O)C1C2CCCC2CN1C(=O)c1cc2c(s1)CCC2. The number of fused-ring (bicyclic) bond motifs is 2. The Hall–Kier alpha value is -1.36. The summed E-state index contributed by atoms with van der Waals surface area (Å²) < 4.78 is 0. The molecule has 1 aromatic rings. The molecule has 0 spiro atoms. The highest BCUT2D eigenvalue weighted by Gasteiger charge is 2.49. The number of likely N-dealkylation sites (tertiary alicyclic amines) is 1. The van der Waals surface area contributed by atoms with Crippen molar-refractivity contribution in [2.24, 2.45) is 11.8 Å². The first-order valence-corrected chi connectivity index (χ1v) is 8.62. The molecule has 2 fully saturated rings. The number of amides is 1. The number of aryl methyl sites for hydroxylation is 2. The Morgan fingerprint density at radius 1 is 1.24 bits per heavy atom. The van der Waals surface area contributed by atoms with E-state index < -0.39 is 12.0 Å². The fraction of sp³-hybridized carbons (Fsp3) is 0.625. The van der Waals surface area contributed by atoms with E-state index in [1.807, 2.05) is 6.07 Å². The van der Waals surface area contributed by atoms with Gasteiger partial charge in [0.05, 0.1) is 4.88 Å². The molecule has 1 aromatic heterocycles. The second kappa shape index (κ2) is 4.83. The van der Waals surface area contributed by atoms with Crippen molar-refractivity contribution in [1.82, 2.24) is 4.90 Å². The molecule has 4 rings (SSSR count). The highest BCUT2D eigenvalue weighted by molar-refractivity contribution is 7.14. The lowest BCUT2D eigenvalue weighted by Crippen LogP contribution is -2.43. The molecule has 0 radical (unpaired) electrons. The van der Waals surface area contributed by atoms with Gasteiger partial charge in [-0.3, -0.25) is 4.79 Å². The van der Waals surface area contributed by atoms with Crippen LogP contribution in [0.1, 0.15) is 45.8 Å². The summed E-state index contributed by atoms with van der Waals surface area (Å²) in [5.41, 5.74) is 1.30. The van der Waals surface area contributed by atoms with Gasteiger partial charge in [0.15, 0.2) is 0 Å². The fourth-order valence-corrected chi connectivity index (χ4v) is 5.62. The lowest BCUT2D eigenvalue weighted by molar-refractivity contribution is -0.142. The normalized spacial score (nSPS) is 30.5. The number of rotatable bonds is 2. The van der Waals surface area contributed by atoms with Crippen LogP contribution in [0.5, 0.6) is 0 Å². The Morgan fingerprint density at radius 3 is 2.86 bits per heavy atom. The monoisotopic (exact) mass is 305 g/mol. The summed E-state index contributed by atoms with van der Waals surface area (Å²) in [6.07, 6.45) is 6.44. The summed E-state index contributed by atoms with van der Waals surface area (Å²) >= 11 is 1.57. The third-order valence-corrected chi connectivity index (χ3v) is 6.59. The van der Waals surface area contributed by atoms with Crippen molar-refractivity contribution in [2.45, 2.75) is 44.6 Å². The summed E-state index contributed by atoms with van der Waals surface area (Å²) in [4.78, 5) is 28.1. The van der Waals surface area contributed by atoms with Crippen molar-refractivity contribution in [3.05, 3.63) is 21.4 Å². The molecule has 5 heteroatoms. The average Bonchev–Trinajstić information content (AvgIpc) is 3.15. The van der Waals surface area contributed by atoms with E-state index >= 15 is 0 Å². The van der Waals surface area contributed by atoms with Crippen LogP contribution in [0.4, 0.5) is 0 Å². The van der Waals surface area contributed by atoms with Crippen LogP contribution in [0, 0.1) is 11.8 Å². The number of hydrogen-bond acceptors (Lipinski definition) is 3. The maximum atomic E-state index is 12.8. The minimum atomic E-state index is -0.832. The van der Waals surface area contributed by atoms with E-state index in [0.717, 1.165) is 37.0 Å². The smallest absolute Gasteiger partial charge is 0.326 e. The Morgan fingerprint density at radius 2 is 2.10 bits per heavy atom. The zero-order valence-corrected chi connectivity index (χ0v) is 12.7. The molecule has 1 saturated heterocycles. The summed E-state index contributed by atoms with van der Waals surface area (Å²) in [5.74, 6) is -0.335. The second-order valence-electron chi connectivity index (χ2n) is 6.51. The number of aliphatic carboxylic acids is 1. The van der Waals surface area contributed by atoms with Crippen LogP contribution in [0.25, 0.3) is 0 Å².